The maximum Gasteiger partial charge on any atom is 0.330 e. The van der Waals surface area contributed by atoms with Crippen LogP contribution in [-0.2, 0) is 4.74 Å². The van der Waals surface area contributed by atoms with Crippen LogP contribution in [0.25, 0.3) is 0 Å². The molecule has 0 aromatic carbocycles. The SMILES string of the molecule is Cc1cn(C2C[C@@H](F)[C@H](CO)O2)c(=O)[nH]c1=O. The van der Waals surface area contributed by atoms with Gasteiger partial charge in [0.2, 0.25) is 0 Å². The van der Waals surface area contributed by atoms with Crippen molar-refractivity contribution < 1.29 is 14.2 Å². The second-order valence-corrected chi connectivity index (χ2v) is 4.04. The third-order valence-corrected chi connectivity index (χ3v) is 2.80. The standard InChI is InChI=1S/C10H13FN2O4/c1-5-3-13(10(16)12-9(5)15)8-2-6(11)7(4-14)17-8/h3,6-8,14H,2,4H2,1H3,(H,12,15,16)/t6-,7+,8?/m1/s1. The Kier molecular flexibility index (Phi) is 3.12. The Balaban J connectivity index is 2.34. The molecule has 1 fully saturated rings. The van der Waals surface area contributed by atoms with Gasteiger partial charge in [-0.3, -0.25) is 14.3 Å². The number of ether oxygens (including phenoxy) is 1. The molecule has 0 aliphatic carbocycles. The molecule has 2 rings (SSSR count). The topological polar surface area (TPSA) is 84.3 Å². The molecule has 94 valence electrons. The largest absolute Gasteiger partial charge is 0.394 e. The Morgan fingerprint density at radius 2 is 2.35 bits per heavy atom. The molecule has 2 heterocycles. The maximum absolute atomic E-state index is 13.4. The number of alkyl halides is 1. The summed E-state index contributed by atoms with van der Waals surface area (Å²) in [6.45, 7) is 1.11. The van der Waals surface area contributed by atoms with Crippen LogP contribution in [0.3, 0.4) is 0 Å². The van der Waals surface area contributed by atoms with Gasteiger partial charge in [0.1, 0.15) is 18.5 Å². The van der Waals surface area contributed by atoms with E-state index < -0.39 is 36.4 Å². The molecule has 0 spiro atoms. The first kappa shape index (κ1) is 12.0. The van der Waals surface area contributed by atoms with Crippen molar-refractivity contribution in [1.82, 2.24) is 9.55 Å². The Labute approximate surface area is 95.7 Å². The summed E-state index contributed by atoms with van der Waals surface area (Å²) in [5, 5.41) is 8.86. The van der Waals surface area contributed by atoms with Crippen molar-refractivity contribution >= 4 is 0 Å². The van der Waals surface area contributed by atoms with E-state index in [1.165, 1.54) is 6.20 Å². The zero-order valence-corrected chi connectivity index (χ0v) is 9.22. The summed E-state index contributed by atoms with van der Waals surface area (Å²) in [5.41, 5.74) is -0.771. The van der Waals surface area contributed by atoms with Gasteiger partial charge in [0.25, 0.3) is 5.56 Å². The number of hydrogen-bond donors (Lipinski definition) is 2. The van der Waals surface area contributed by atoms with Crippen LogP contribution in [0, 0.1) is 6.92 Å². The smallest absolute Gasteiger partial charge is 0.330 e. The number of H-pyrrole nitrogens is 1. The maximum atomic E-state index is 13.4. The van der Waals surface area contributed by atoms with Crippen LogP contribution in [0.1, 0.15) is 18.2 Å². The lowest BCUT2D eigenvalue weighted by molar-refractivity contribution is -0.0356. The molecule has 0 saturated carbocycles. The van der Waals surface area contributed by atoms with E-state index in [-0.39, 0.29) is 6.42 Å². The van der Waals surface area contributed by atoms with E-state index in [0.29, 0.717) is 5.56 Å². The number of rotatable bonds is 2. The van der Waals surface area contributed by atoms with E-state index in [1.807, 2.05) is 0 Å². The average molecular weight is 244 g/mol. The first-order valence-corrected chi connectivity index (χ1v) is 5.25. The highest BCUT2D eigenvalue weighted by atomic mass is 19.1. The molecule has 1 aliphatic heterocycles. The van der Waals surface area contributed by atoms with Crippen LogP contribution in [0.5, 0.6) is 0 Å². The van der Waals surface area contributed by atoms with E-state index in [1.54, 1.807) is 6.92 Å². The van der Waals surface area contributed by atoms with Gasteiger partial charge in [-0.2, -0.15) is 0 Å². The highest BCUT2D eigenvalue weighted by Crippen LogP contribution is 2.29. The monoisotopic (exact) mass is 244 g/mol. The van der Waals surface area contributed by atoms with Gasteiger partial charge in [-0.05, 0) is 6.92 Å². The van der Waals surface area contributed by atoms with Crippen molar-refractivity contribution in [1.29, 1.82) is 0 Å². The molecule has 17 heavy (non-hydrogen) atoms. The second kappa shape index (κ2) is 4.42. The Morgan fingerprint density at radius 3 is 2.94 bits per heavy atom. The van der Waals surface area contributed by atoms with Gasteiger partial charge in [-0.15, -0.1) is 0 Å². The highest BCUT2D eigenvalue weighted by Gasteiger charge is 2.36. The van der Waals surface area contributed by atoms with E-state index in [2.05, 4.69) is 4.98 Å². The van der Waals surface area contributed by atoms with Crippen LogP contribution >= 0.6 is 0 Å². The minimum atomic E-state index is -1.32. The van der Waals surface area contributed by atoms with E-state index in [4.69, 9.17) is 9.84 Å². The molecule has 0 amide bonds. The van der Waals surface area contributed by atoms with Crippen molar-refractivity contribution in [3.05, 3.63) is 32.6 Å². The third kappa shape index (κ3) is 2.16. The van der Waals surface area contributed by atoms with Gasteiger partial charge in [0.15, 0.2) is 0 Å². The number of aryl methyl sites for hydroxylation is 1. The van der Waals surface area contributed by atoms with Crippen molar-refractivity contribution in [2.75, 3.05) is 6.61 Å². The summed E-state index contributed by atoms with van der Waals surface area (Å²) in [6.07, 6.45) is -1.71. The Morgan fingerprint density at radius 1 is 1.65 bits per heavy atom. The molecule has 6 nitrogen and oxygen atoms in total. The zero-order chi connectivity index (χ0) is 12.6. The molecule has 2 N–H and O–H groups in total. The Hall–Kier alpha value is -1.47. The molecule has 1 aromatic heterocycles. The number of aliphatic hydroxyl groups is 1. The van der Waals surface area contributed by atoms with Gasteiger partial charge < -0.3 is 9.84 Å². The molecular formula is C10H13FN2O4. The average Bonchev–Trinajstić information content (AvgIpc) is 2.65. The van der Waals surface area contributed by atoms with E-state index in [0.717, 1.165) is 4.57 Å². The second-order valence-electron chi connectivity index (χ2n) is 4.04. The number of aliphatic hydroxyl groups excluding tert-OH is 1. The Bertz CT molecular complexity index is 524. The summed E-state index contributed by atoms with van der Waals surface area (Å²) in [6, 6.07) is 0. The van der Waals surface area contributed by atoms with E-state index >= 15 is 0 Å². The quantitative estimate of drug-likeness (QED) is 0.732. The third-order valence-electron chi connectivity index (χ3n) is 2.80. The van der Waals surface area contributed by atoms with Crippen LogP contribution < -0.4 is 11.2 Å². The van der Waals surface area contributed by atoms with Crippen molar-refractivity contribution in [2.24, 2.45) is 0 Å². The number of halogens is 1. The number of nitrogens with zero attached hydrogens (tertiary/aromatic N) is 1. The summed E-state index contributed by atoms with van der Waals surface area (Å²) < 4.78 is 19.7. The highest BCUT2D eigenvalue weighted by molar-refractivity contribution is 5.02. The normalized spacial score (nSPS) is 28.5. The minimum Gasteiger partial charge on any atom is -0.394 e. The van der Waals surface area contributed by atoms with Gasteiger partial charge in [-0.1, -0.05) is 0 Å². The molecular weight excluding hydrogens is 231 g/mol. The fourth-order valence-corrected chi connectivity index (χ4v) is 1.82. The molecule has 1 unspecified atom stereocenters. The van der Waals surface area contributed by atoms with Crippen LogP contribution in [0.2, 0.25) is 0 Å². The van der Waals surface area contributed by atoms with Crippen molar-refractivity contribution in [2.45, 2.75) is 31.8 Å². The lowest BCUT2D eigenvalue weighted by atomic mass is 10.2. The summed E-state index contributed by atoms with van der Waals surface area (Å²) in [4.78, 5) is 24.8. The predicted octanol–water partition coefficient (Wildman–Crippen LogP) is -0.537. The fraction of sp³-hybridized carbons (Fsp3) is 0.600. The van der Waals surface area contributed by atoms with Crippen LogP contribution in [0.4, 0.5) is 4.39 Å². The number of aromatic amines is 1. The molecule has 1 aliphatic rings. The first-order chi connectivity index (χ1) is 8.02. The molecule has 0 radical (unpaired) electrons. The molecule has 1 aromatic rings. The van der Waals surface area contributed by atoms with Gasteiger partial charge in [-0.25, -0.2) is 9.18 Å². The number of hydrogen-bond acceptors (Lipinski definition) is 4. The number of nitrogens with one attached hydrogen (secondary N) is 1. The van der Waals surface area contributed by atoms with Gasteiger partial charge >= 0.3 is 5.69 Å². The fourth-order valence-electron chi connectivity index (χ4n) is 1.82. The lowest BCUT2D eigenvalue weighted by Crippen LogP contribution is -2.33. The summed E-state index contributed by atoms with van der Waals surface area (Å²) in [7, 11) is 0. The minimum absolute atomic E-state index is 0.0172. The van der Waals surface area contributed by atoms with E-state index in [9.17, 15) is 14.0 Å². The summed E-state index contributed by atoms with van der Waals surface area (Å²) in [5.74, 6) is 0. The molecule has 3 atom stereocenters. The molecule has 7 heteroatoms. The van der Waals surface area contributed by atoms with Gasteiger partial charge in [0.05, 0.1) is 6.61 Å². The van der Waals surface area contributed by atoms with Crippen LogP contribution in [0.15, 0.2) is 15.8 Å². The van der Waals surface area contributed by atoms with Crippen LogP contribution in [-0.4, -0.2) is 33.5 Å². The molecule has 1 saturated heterocycles. The lowest BCUT2D eigenvalue weighted by Gasteiger charge is -2.14. The summed E-state index contributed by atoms with van der Waals surface area (Å²) >= 11 is 0. The van der Waals surface area contributed by atoms with Gasteiger partial charge in [0, 0.05) is 18.2 Å². The molecule has 0 bridgehead atoms. The zero-order valence-electron chi connectivity index (χ0n) is 9.22. The number of aromatic nitrogens is 2. The van der Waals surface area contributed by atoms with Crippen molar-refractivity contribution in [3.8, 4) is 0 Å². The predicted molar refractivity (Wildman–Crippen MR) is 56.6 cm³/mol. The van der Waals surface area contributed by atoms with Crippen molar-refractivity contribution in [3.63, 3.8) is 0 Å². The first-order valence-electron chi connectivity index (χ1n) is 5.25.